The summed E-state index contributed by atoms with van der Waals surface area (Å²) in [5.41, 5.74) is 2.34. The van der Waals surface area contributed by atoms with E-state index in [9.17, 15) is 9.59 Å². The van der Waals surface area contributed by atoms with Crippen LogP contribution in [0.5, 0.6) is 11.5 Å². The van der Waals surface area contributed by atoms with Crippen molar-refractivity contribution >= 4 is 16.9 Å². The zero-order chi connectivity index (χ0) is 18.8. The number of rotatable bonds is 6. The number of benzene rings is 2. The number of carboxylic acid groups (broad SMARTS) is 1. The molecule has 0 saturated carbocycles. The third-order valence-electron chi connectivity index (χ3n) is 4.65. The summed E-state index contributed by atoms with van der Waals surface area (Å²) in [6, 6.07) is 11.8. The van der Waals surface area contributed by atoms with Crippen molar-refractivity contribution < 1.29 is 23.8 Å². The number of hydrogen-bond acceptors (Lipinski definition) is 5. The molecule has 0 saturated heterocycles. The molecule has 3 aromatic rings. The van der Waals surface area contributed by atoms with Gasteiger partial charge in [0.05, 0.1) is 5.56 Å². The minimum Gasteiger partial charge on any atom is -0.490 e. The topological polar surface area (TPSA) is 86.0 Å². The van der Waals surface area contributed by atoms with Crippen LogP contribution in [-0.2, 0) is 12.8 Å². The number of aromatic carboxylic acids is 1. The Hall–Kier alpha value is -3.28. The van der Waals surface area contributed by atoms with Gasteiger partial charge >= 0.3 is 11.6 Å². The second kappa shape index (κ2) is 7.15. The summed E-state index contributed by atoms with van der Waals surface area (Å²) in [6.07, 6.45) is 2.67. The average molecular weight is 366 g/mol. The average Bonchev–Trinajstić information content (AvgIpc) is 3.16. The van der Waals surface area contributed by atoms with Crippen LogP contribution in [0.1, 0.15) is 27.9 Å². The lowest BCUT2D eigenvalue weighted by atomic mass is 10.1. The van der Waals surface area contributed by atoms with Crippen molar-refractivity contribution in [3.8, 4) is 11.5 Å². The fraction of sp³-hybridized carbons (Fsp3) is 0.238. The molecule has 0 aliphatic heterocycles. The molecule has 2 aromatic carbocycles. The number of carboxylic acids is 1. The summed E-state index contributed by atoms with van der Waals surface area (Å²) in [6.45, 7) is 0.535. The molecule has 0 amide bonds. The molecular formula is C21H18O6. The smallest absolute Gasteiger partial charge is 0.339 e. The van der Waals surface area contributed by atoms with Crippen molar-refractivity contribution in [2.45, 2.75) is 19.3 Å². The van der Waals surface area contributed by atoms with Crippen LogP contribution in [0.3, 0.4) is 0 Å². The maximum absolute atomic E-state index is 12.1. The van der Waals surface area contributed by atoms with E-state index in [-0.39, 0.29) is 24.4 Å². The standard InChI is InChI=1S/C21H18O6/c22-20(23)13-3-1-4-14(11-13)25-9-10-26-15-7-8-17-16-5-2-6-18(16)21(24)27-19(17)12-15/h1,3-4,7-8,11-12H,2,5-6,9-10H2,(H,22,23). The third-order valence-corrected chi connectivity index (χ3v) is 4.65. The van der Waals surface area contributed by atoms with Gasteiger partial charge in [-0.15, -0.1) is 0 Å². The molecule has 0 bridgehead atoms. The molecule has 0 unspecified atom stereocenters. The maximum atomic E-state index is 12.1. The van der Waals surface area contributed by atoms with Crippen LogP contribution in [-0.4, -0.2) is 24.3 Å². The van der Waals surface area contributed by atoms with Crippen LogP contribution in [0, 0.1) is 0 Å². The molecule has 0 radical (unpaired) electrons. The molecule has 4 rings (SSSR count). The largest absolute Gasteiger partial charge is 0.490 e. The van der Waals surface area contributed by atoms with Crippen molar-refractivity contribution in [1.29, 1.82) is 0 Å². The summed E-state index contributed by atoms with van der Waals surface area (Å²) < 4.78 is 16.6. The summed E-state index contributed by atoms with van der Waals surface area (Å²) in [7, 11) is 0. The van der Waals surface area contributed by atoms with Crippen LogP contribution >= 0.6 is 0 Å². The second-order valence-corrected chi connectivity index (χ2v) is 6.39. The highest BCUT2D eigenvalue weighted by Gasteiger charge is 2.19. The quantitative estimate of drug-likeness (QED) is 0.531. The Balaban J connectivity index is 1.41. The van der Waals surface area contributed by atoms with Crippen LogP contribution in [0.4, 0.5) is 0 Å². The number of carbonyl (C=O) groups is 1. The molecule has 6 nitrogen and oxygen atoms in total. The van der Waals surface area contributed by atoms with Crippen LogP contribution < -0.4 is 15.1 Å². The summed E-state index contributed by atoms with van der Waals surface area (Å²) in [5.74, 6) is 0.0610. The van der Waals surface area contributed by atoms with E-state index in [0.29, 0.717) is 17.1 Å². The SMILES string of the molecule is O=C(O)c1cccc(OCCOc2ccc3c4c(c(=O)oc3c2)CCC4)c1. The zero-order valence-electron chi connectivity index (χ0n) is 14.6. The van der Waals surface area contributed by atoms with Gasteiger partial charge in [0.2, 0.25) is 0 Å². The van der Waals surface area contributed by atoms with Gasteiger partial charge in [-0.25, -0.2) is 9.59 Å². The molecule has 0 fully saturated rings. The molecule has 1 aliphatic rings. The lowest BCUT2D eigenvalue weighted by Gasteiger charge is -2.10. The predicted molar refractivity (Wildman–Crippen MR) is 98.9 cm³/mol. The lowest BCUT2D eigenvalue weighted by Crippen LogP contribution is -2.10. The van der Waals surface area contributed by atoms with Crippen LogP contribution in [0.25, 0.3) is 11.0 Å². The van der Waals surface area contributed by atoms with E-state index < -0.39 is 5.97 Å². The third kappa shape index (κ3) is 3.51. The molecule has 1 aromatic heterocycles. The Morgan fingerprint density at radius 1 is 1.00 bits per heavy atom. The number of ether oxygens (including phenoxy) is 2. The van der Waals surface area contributed by atoms with Gasteiger partial charge in [-0.05, 0) is 55.2 Å². The van der Waals surface area contributed by atoms with E-state index in [1.54, 1.807) is 18.2 Å². The van der Waals surface area contributed by atoms with E-state index in [4.69, 9.17) is 19.0 Å². The van der Waals surface area contributed by atoms with E-state index in [0.717, 1.165) is 35.8 Å². The Morgan fingerprint density at radius 3 is 2.52 bits per heavy atom. The van der Waals surface area contributed by atoms with E-state index in [2.05, 4.69) is 0 Å². The zero-order valence-corrected chi connectivity index (χ0v) is 14.6. The molecule has 138 valence electrons. The fourth-order valence-electron chi connectivity index (χ4n) is 3.39. The van der Waals surface area contributed by atoms with Crippen LogP contribution in [0.15, 0.2) is 51.7 Å². The molecule has 1 aliphatic carbocycles. The van der Waals surface area contributed by atoms with Gasteiger partial charge in [-0.1, -0.05) is 6.07 Å². The highest BCUT2D eigenvalue weighted by molar-refractivity contribution is 5.88. The van der Waals surface area contributed by atoms with Gasteiger partial charge in [0.15, 0.2) is 0 Å². The monoisotopic (exact) mass is 366 g/mol. The minimum atomic E-state index is -0.999. The first-order chi connectivity index (χ1) is 13.1. The Morgan fingerprint density at radius 2 is 1.74 bits per heavy atom. The van der Waals surface area contributed by atoms with Gasteiger partial charge < -0.3 is 19.0 Å². The Kier molecular flexibility index (Phi) is 4.54. The lowest BCUT2D eigenvalue weighted by molar-refractivity contribution is 0.0696. The van der Waals surface area contributed by atoms with Gasteiger partial charge in [-0.2, -0.15) is 0 Å². The summed E-state index contributed by atoms with van der Waals surface area (Å²) in [5, 5.41) is 9.95. The Bertz CT molecular complexity index is 1070. The first-order valence-corrected chi connectivity index (χ1v) is 8.79. The molecule has 0 atom stereocenters. The molecule has 6 heteroatoms. The van der Waals surface area contributed by atoms with Crippen molar-refractivity contribution in [2.75, 3.05) is 13.2 Å². The van der Waals surface area contributed by atoms with Crippen molar-refractivity contribution in [1.82, 2.24) is 0 Å². The molecule has 1 N–H and O–H groups in total. The van der Waals surface area contributed by atoms with Crippen molar-refractivity contribution in [3.05, 3.63) is 69.6 Å². The van der Waals surface area contributed by atoms with Gasteiger partial charge in [0.25, 0.3) is 0 Å². The molecule has 1 heterocycles. The first kappa shape index (κ1) is 17.1. The van der Waals surface area contributed by atoms with E-state index >= 15 is 0 Å². The fourth-order valence-corrected chi connectivity index (χ4v) is 3.39. The second-order valence-electron chi connectivity index (χ2n) is 6.39. The summed E-state index contributed by atoms with van der Waals surface area (Å²) >= 11 is 0. The maximum Gasteiger partial charge on any atom is 0.339 e. The number of hydrogen-bond donors (Lipinski definition) is 1. The normalized spacial score (nSPS) is 12.7. The Labute approximate surface area is 155 Å². The molecular weight excluding hydrogens is 348 g/mol. The van der Waals surface area contributed by atoms with Crippen LogP contribution in [0.2, 0.25) is 0 Å². The minimum absolute atomic E-state index is 0.172. The van der Waals surface area contributed by atoms with Gasteiger partial charge in [-0.3, -0.25) is 0 Å². The molecule has 0 spiro atoms. The highest BCUT2D eigenvalue weighted by Crippen LogP contribution is 2.29. The van der Waals surface area contributed by atoms with Crippen molar-refractivity contribution in [3.63, 3.8) is 0 Å². The van der Waals surface area contributed by atoms with E-state index in [1.165, 1.54) is 12.1 Å². The first-order valence-electron chi connectivity index (χ1n) is 8.79. The highest BCUT2D eigenvalue weighted by atomic mass is 16.5. The van der Waals surface area contributed by atoms with Crippen molar-refractivity contribution in [2.24, 2.45) is 0 Å². The van der Waals surface area contributed by atoms with Gasteiger partial charge in [0.1, 0.15) is 30.3 Å². The predicted octanol–water partition coefficient (Wildman–Crippen LogP) is 3.44. The molecule has 27 heavy (non-hydrogen) atoms. The summed E-state index contributed by atoms with van der Waals surface area (Å²) in [4.78, 5) is 23.0. The number of fused-ring (bicyclic) bond motifs is 3. The van der Waals surface area contributed by atoms with E-state index in [1.807, 2.05) is 12.1 Å². The van der Waals surface area contributed by atoms with Gasteiger partial charge in [0, 0.05) is 17.0 Å². The number of aryl methyl sites for hydroxylation is 1.